The van der Waals surface area contributed by atoms with Crippen LogP contribution >= 0.6 is 58.7 Å². The zero-order valence-corrected chi connectivity index (χ0v) is 19.8. The number of thiophene rings is 1. The van der Waals surface area contributed by atoms with Crippen molar-refractivity contribution in [2.75, 3.05) is 18.4 Å². The molecule has 1 amide bonds. The van der Waals surface area contributed by atoms with E-state index in [4.69, 9.17) is 0 Å². The third kappa shape index (κ3) is 5.49. The number of halogens is 4. The standard InChI is InChI=1S/C19H18FIN4OS.2ClH/c20-14-9-11(21)5-6-15(14)25-19-16(13-4-2-8-23-18(13)27-19)17(26)24-12-3-1-7-22-10-12;;/h2,4-6,8-9,12,22,25H,1,3,7,10H2,(H,24,26);2*1H/t12-;;/m1../s1. The fraction of sp³-hybridized carbons (Fsp3) is 0.263. The van der Waals surface area contributed by atoms with Gasteiger partial charge in [0.25, 0.3) is 5.91 Å². The van der Waals surface area contributed by atoms with Crippen LogP contribution in [0.3, 0.4) is 0 Å². The van der Waals surface area contributed by atoms with Crippen LogP contribution in [0.5, 0.6) is 0 Å². The number of amides is 1. The SMILES string of the molecule is Cl.Cl.O=C(N[C@@H]1CCCNC1)c1c(Nc2ccc(I)cc2F)sc2ncccc12. The van der Waals surface area contributed by atoms with Gasteiger partial charge >= 0.3 is 0 Å². The lowest BCUT2D eigenvalue weighted by atomic mass is 10.1. The topological polar surface area (TPSA) is 66.1 Å². The molecular formula is C19H20Cl2FIN4OS. The van der Waals surface area contributed by atoms with Crippen molar-refractivity contribution in [3.8, 4) is 0 Å². The molecule has 0 bridgehead atoms. The van der Waals surface area contributed by atoms with E-state index in [1.165, 1.54) is 17.4 Å². The van der Waals surface area contributed by atoms with Crippen LogP contribution in [-0.2, 0) is 0 Å². The van der Waals surface area contributed by atoms with E-state index < -0.39 is 0 Å². The summed E-state index contributed by atoms with van der Waals surface area (Å²) < 4.78 is 15.1. The summed E-state index contributed by atoms with van der Waals surface area (Å²) >= 11 is 3.42. The Morgan fingerprint density at radius 3 is 2.86 bits per heavy atom. The van der Waals surface area contributed by atoms with Gasteiger partial charge in [0.15, 0.2) is 0 Å². The Morgan fingerprint density at radius 1 is 1.31 bits per heavy atom. The number of benzene rings is 1. The van der Waals surface area contributed by atoms with Gasteiger partial charge in [-0.05, 0) is 72.3 Å². The molecule has 0 spiro atoms. The van der Waals surface area contributed by atoms with Crippen molar-refractivity contribution in [1.82, 2.24) is 15.6 Å². The van der Waals surface area contributed by atoms with Crippen LogP contribution < -0.4 is 16.0 Å². The number of piperidine rings is 1. The monoisotopic (exact) mass is 568 g/mol. The Balaban J connectivity index is 0.00000150. The first-order valence-corrected chi connectivity index (χ1v) is 10.6. The Hall–Kier alpha value is -1.20. The third-order valence-corrected chi connectivity index (χ3v) is 6.20. The molecule has 0 saturated carbocycles. The zero-order valence-electron chi connectivity index (χ0n) is 15.2. The maximum atomic E-state index is 14.3. The summed E-state index contributed by atoms with van der Waals surface area (Å²) in [4.78, 5) is 18.2. The second kappa shape index (κ2) is 10.7. The molecule has 1 aliphatic heterocycles. The van der Waals surface area contributed by atoms with Crippen molar-refractivity contribution in [3.05, 3.63) is 51.5 Å². The first-order valence-electron chi connectivity index (χ1n) is 8.73. The molecule has 1 aromatic carbocycles. The molecule has 0 unspecified atom stereocenters. The quantitative estimate of drug-likeness (QED) is 0.383. The molecule has 2 aromatic heterocycles. The number of rotatable bonds is 4. The smallest absolute Gasteiger partial charge is 0.255 e. The van der Waals surface area contributed by atoms with E-state index in [9.17, 15) is 9.18 Å². The summed E-state index contributed by atoms with van der Waals surface area (Å²) in [7, 11) is 0. The molecule has 10 heteroatoms. The third-order valence-electron chi connectivity index (χ3n) is 4.50. The van der Waals surface area contributed by atoms with Crippen molar-refractivity contribution in [2.24, 2.45) is 0 Å². The van der Waals surface area contributed by atoms with E-state index >= 15 is 0 Å². The van der Waals surface area contributed by atoms with E-state index in [2.05, 4.69) is 43.5 Å². The fourth-order valence-corrected chi connectivity index (χ4v) is 4.70. The van der Waals surface area contributed by atoms with Gasteiger partial charge in [-0.15, -0.1) is 24.8 Å². The maximum absolute atomic E-state index is 14.3. The number of hydrogen-bond acceptors (Lipinski definition) is 5. The lowest BCUT2D eigenvalue weighted by Gasteiger charge is -2.24. The Bertz CT molecular complexity index is 997. The number of aromatic nitrogens is 1. The molecule has 1 fully saturated rings. The number of pyridine rings is 1. The molecule has 156 valence electrons. The Kier molecular flexibility index (Phi) is 8.90. The highest BCUT2D eigenvalue weighted by Crippen LogP contribution is 2.37. The molecular weight excluding hydrogens is 549 g/mol. The predicted molar refractivity (Wildman–Crippen MR) is 130 cm³/mol. The molecule has 0 radical (unpaired) electrons. The highest BCUT2D eigenvalue weighted by atomic mass is 127. The minimum Gasteiger partial charge on any atom is -0.348 e. The average molecular weight is 569 g/mol. The summed E-state index contributed by atoms with van der Waals surface area (Å²) in [6.07, 6.45) is 3.68. The van der Waals surface area contributed by atoms with Gasteiger partial charge in [-0.25, -0.2) is 9.37 Å². The molecule has 3 heterocycles. The average Bonchev–Trinajstić information content (AvgIpc) is 3.03. The molecule has 0 aliphatic carbocycles. The van der Waals surface area contributed by atoms with Crippen LogP contribution in [0.4, 0.5) is 15.1 Å². The maximum Gasteiger partial charge on any atom is 0.255 e. The molecule has 3 aromatic rings. The second-order valence-electron chi connectivity index (χ2n) is 6.43. The number of carbonyl (C=O) groups is 1. The molecule has 1 saturated heterocycles. The number of hydrogen-bond donors (Lipinski definition) is 3. The molecule has 4 rings (SSSR count). The van der Waals surface area contributed by atoms with Crippen molar-refractivity contribution < 1.29 is 9.18 Å². The molecule has 5 nitrogen and oxygen atoms in total. The zero-order chi connectivity index (χ0) is 18.8. The van der Waals surface area contributed by atoms with Crippen LogP contribution in [0.25, 0.3) is 10.2 Å². The van der Waals surface area contributed by atoms with Gasteiger partial charge in [0.1, 0.15) is 15.6 Å². The minimum atomic E-state index is -0.352. The molecule has 1 aliphatic rings. The van der Waals surface area contributed by atoms with Crippen LogP contribution in [-0.4, -0.2) is 30.0 Å². The van der Waals surface area contributed by atoms with Crippen molar-refractivity contribution >= 4 is 85.6 Å². The Labute approximate surface area is 198 Å². The number of nitrogens with one attached hydrogen (secondary N) is 3. The van der Waals surface area contributed by atoms with Crippen LogP contribution in [0, 0.1) is 9.39 Å². The second-order valence-corrected chi connectivity index (χ2v) is 8.67. The van der Waals surface area contributed by atoms with E-state index in [0.717, 1.165) is 39.7 Å². The summed E-state index contributed by atoms with van der Waals surface area (Å²) in [5.41, 5.74) is 0.863. The van der Waals surface area contributed by atoms with E-state index in [-0.39, 0.29) is 42.6 Å². The first kappa shape index (κ1) is 24.1. The highest BCUT2D eigenvalue weighted by molar-refractivity contribution is 14.1. The van der Waals surface area contributed by atoms with E-state index in [1.807, 2.05) is 18.2 Å². The largest absolute Gasteiger partial charge is 0.348 e. The van der Waals surface area contributed by atoms with E-state index in [0.29, 0.717) is 16.3 Å². The summed E-state index contributed by atoms with van der Waals surface area (Å²) in [6.45, 7) is 1.75. The van der Waals surface area contributed by atoms with Crippen molar-refractivity contribution in [3.63, 3.8) is 0 Å². The van der Waals surface area contributed by atoms with Gasteiger partial charge in [0, 0.05) is 27.7 Å². The molecule has 1 atom stereocenters. The number of carbonyl (C=O) groups excluding carboxylic acids is 1. The predicted octanol–water partition coefficient (Wildman–Crippen LogP) is 5.11. The molecule has 29 heavy (non-hydrogen) atoms. The minimum absolute atomic E-state index is 0. The number of fused-ring (bicyclic) bond motifs is 1. The van der Waals surface area contributed by atoms with Crippen LogP contribution in [0.1, 0.15) is 23.2 Å². The van der Waals surface area contributed by atoms with E-state index in [1.54, 1.807) is 12.3 Å². The van der Waals surface area contributed by atoms with Gasteiger partial charge in [-0.2, -0.15) is 0 Å². The highest BCUT2D eigenvalue weighted by Gasteiger charge is 2.23. The Morgan fingerprint density at radius 2 is 2.14 bits per heavy atom. The number of anilines is 2. The summed E-state index contributed by atoms with van der Waals surface area (Å²) in [5.74, 6) is -0.508. The van der Waals surface area contributed by atoms with Gasteiger partial charge in [-0.3, -0.25) is 4.79 Å². The first-order chi connectivity index (χ1) is 13.1. The lowest BCUT2D eigenvalue weighted by molar-refractivity contribution is 0.0933. The summed E-state index contributed by atoms with van der Waals surface area (Å²) in [5, 5.41) is 10.9. The fourth-order valence-electron chi connectivity index (χ4n) is 3.19. The number of nitrogens with zero attached hydrogens (tertiary/aromatic N) is 1. The van der Waals surface area contributed by atoms with Crippen LogP contribution in [0.15, 0.2) is 36.5 Å². The summed E-state index contributed by atoms with van der Waals surface area (Å²) in [6, 6.07) is 8.75. The van der Waals surface area contributed by atoms with Gasteiger partial charge < -0.3 is 16.0 Å². The van der Waals surface area contributed by atoms with Gasteiger partial charge in [0.2, 0.25) is 0 Å². The van der Waals surface area contributed by atoms with Crippen molar-refractivity contribution in [2.45, 2.75) is 18.9 Å². The van der Waals surface area contributed by atoms with Crippen LogP contribution in [0.2, 0.25) is 0 Å². The van der Waals surface area contributed by atoms with Gasteiger partial charge in [0.05, 0.1) is 11.3 Å². The van der Waals surface area contributed by atoms with Crippen molar-refractivity contribution in [1.29, 1.82) is 0 Å². The molecule has 3 N–H and O–H groups in total. The van der Waals surface area contributed by atoms with Gasteiger partial charge in [-0.1, -0.05) is 11.3 Å². The normalized spacial score (nSPS) is 15.9. The lowest BCUT2D eigenvalue weighted by Crippen LogP contribution is -2.45.